The number of likely N-dealkylation sites (tertiary alicyclic amines) is 1. The van der Waals surface area contributed by atoms with Crippen LogP contribution in [-0.4, -0.2) is 34.5 Å². The summed E-state index contributed by atoms with van der Waals surface area (Å²) in [5, 5.41) is 0. The lowest BCUT2D eigenvalue weighted by Gasteiger charge is -2.45. The molecule has 4 rings (SSSR count). The number of benzene rings is 2. The molecule has 0 aliphatic carbocycles. The molecule has 0 saturated carbocycles. The van der Waals surface area contributed by atoms with E-state index >= 15 is 0 Å². The topological polar surface area (TPSA) is 31.9 Å². The molecule has 0 amide bonds. The van der Waals surface area contributed by atoms with Crippen LogP contribution in [0.3, 0.4) is 0 Å². The van der Waals surface area contributed by atoms with Crippen LogP contribution >= 0.6 is 0 Å². The minimum atomic E-state index is -4.46. The monoisotopic (exact) mass is 415 g/mol. The van der Waals surface area contributed by atoms with Crippen molar-refractivity contribution >= 4 is 11.0 Å². The summed E-state index contributed by atoms with van der Waals surface area (Å²) >= 11 is 0. The highest BCUT2D eigenvalue weighted by Crippen LogP contribution is 2.40. The number of hydrogen-bond acceptors (Lipinski definition) is 2. The molecule has 0 bridgehead atoms. The lowest BCUT2D eigenvalue weighted by atomic mass is 9.68. The lowest BCUT2D eigenvalue weighted by Crippen LogP contribution is -2.47. The molecule has 1 fully saturated rings. The van der Waals surface area contributed by atoms with Crippen molar-refractivity contribution < 1.29 is 13.2 Å². The summed E-state index contributed by atoms with van der Waals surface area (Å²) in [6, 6.07) is 14.2. The maximum Gasteiger partial charge on any atom is 0.449 e. The van der Waals surface area contributed by atoms with E-state index in [1.54, 1.807) is 6.07 Å². The van der Waals surface area contributed by atoms with E-state index in [9.17, 15) is 13.2 Å². The molecule has 0 radical (unpaired) electrons. The number of H-pyrrole nitrogens is 1. The fourth-order valence-corrected chi connectivity index (χ4v) is 4.60. The Labute approximate surface area is 175 Å². The predicted molar refractivity (Wildman–Crippen MR) is 114 cm³/mol. The highest BCUT2D eigenvalue weighted by molar-refractivity contribution is 5.76. The van der Waals surface area contributed by atoms with Gasteiger partial charge in [0.15, 0.2) is 0 Å². The van der Waals surface area contributed by atoms with Gasteiger partial charge in [0.1, 0.15) is 0 Å². The number of aromatic nitrogens is 2. The van der Waals surface area contributed by atoms with E-state index in [0.717, 1.165) is 38.0 Å². The third-order valence-corrected chi connectivity index (χ3v) is 6.78. The number of rotatable bonds is 4. The first-order valence-corrected chi connectivity index (χ1v) is 10.5. The number of imidazole rings is 1. The van der Waals surface area contributed by atoms with E-state index in [4.69, 9.17) is 0 Å². The van der Waals surface area contributed by atoms with Gasteiger partial charge in [-0.1, -0.05) is 49.7 Å². The molecule has 2 heterocycles. The van der Waals surface area contributed by atoms with E-state index in [0.29, 0.717) is 17.0 Å². The number of fused-ring (bicyclic) bond motifs is 1. The Hall–Kier alpha value is -2.34. The van der Waals surface area contributed by atoms with Gasteiger partial charge >= 0.3 is 6.18 Å². The second-order valence-corrected chi connectivity index (χ2v) is 8.92. The Morgan fingerprint density at radius 3 is 2.70 bits per heavy atom. The molecular formula is C24H28F3N3. The minimum absolute atomic E-state index is 0.0719. The van der Waals surface area contributed by atoms with Gasteiger partial charge in [-0.05, 0) is 60.9 Å². The Morgan fingerprint density at radius 2 is 2.00 bits per heavy atom. The van der Waals surface area contributed by atoms with E-state index in [1.807, 2.05) is 12.1 Å². The first kappa shape index (κ1) is 20.9. The highest BCUT2D eigenvalue weighted by Gasteiger charge is 2.39. The molecule has 1 aromatic heterocycles. The van der Waals surface area contributed by atoms with Crippen LogP contribution in [0.4, 0.5) is 13.2 Å². The summed E-state index contributed by atoms with van der Waals surface area (Å²) < 4.78 is 38.9. The van der Waals surface area contributed by atoms with Crippen molar-refractivity contribution in [2.24, 2.45) is 5.92 Å². The maximum absolute atomic E-state index is 13.0. The highest BCUT2D eigenvalue weighted by atomic mass is 19.4. The summed E-state index contributed by atoms with van der Waals surface area (Å²) in [6.07, 6.45) is -2.45. The summed E-state index contributed by atoms with van der Waals surface area (Å²) in [4.78, 5) is 8.65. The normalized spacial score (nSPS) is 23.2. The fourth-order valence-electron chi connectivity index (χ4n) is 4.60. The Balaban J connectivity index is 1.47. The van der Waals surface area contributed by atoms with Crippen LogP contribution in [0.1, 0.15) is 42.8 Å². The molecule has 0 unspecified atom stereocenters. The van der Waals surface area contributed by atoms with Gasteiger partial charge in [-0.3, -0.25) is 0 Å². The summed E-state index contributed by atoms with van der Waals surface area (Å²) in [5.74, 6) is -0.537. The zero-order valence-electron chi connectivity index (χ0n) is 17.7. The average molecular weight is 416 g/mol. The summed E-state index contributed by atoms with van der Waals surface area (Å²) in [7, 11) is 0. The van der Waals surface area contributed by atoms with Crippen molar-refractivity contribution in [3.8, 4) is 0 Å². The third-order valence-electron chi connectivity index (χ3n) is 6.78. The van der Waals surface area contributed by atoms with Gasteiger partial charge in [0.2, 0.25) is 5.82 Å². The zero-order valence-corrected chi connectivity index (χ0v) is 17.7. The smallest absolute Gasteiger partial charge is 0.334 e. The Bertz CT molecular complexity index is 1040. The van der Waals surface area contributed by atoms with Gasteiger partial charge in [-0.25, -0.2) is 4.98 Å². The predicted octanol–water partition coefficient (Wildman–Crippen LogP) is 5.73. The minimum Gasteiger partial charge on any atom is -0.334 e. The van der Waals surface area contributed by atoms with Crippen LogP contribution in [0.15, 0.2) is 42.5 Å². The van der Waals surface area contributed by atoms with Crippen LogP contribution in [0.5, 0.6) is 0 Å². The quantitative estimate of drug-likeness (QED) is 0.590. The van der Waals surface area contributed by atoms with Gasteiger partial charge < -0.3 is 9.88 Å². The van der Waals surface area contributed by atoms with Crippen LogP contribution < -0.4 is 0 Å². The molecular weight excluding hydrogens is 387 g/mol. The van der Waals surface area contributed by atoms with Gasteiger partial charge in [-0.15, -0.1) is 0 Å². The SMILES string of the molecule is Cc1cccc(CCN2CC[C@](C)(c3ccc4nc(C(F)(F)F)[nH]c4c3)[C@@H](C)C2)c1. The van der Waals surface area contributed by atoms with Crippen molar-refractivity contribution in [1.29, 1.82) is 0 Å². The first-order chi connectivity index (χ1) is 14.1. The average Bonchev–Trinajstić information content (AvgIpc) is 3.13. The molecule has 0 spiro atoms. The molecule has 1 aliphatic heterocycles. The molecule has 1 N–H and O–H groups in total. The molecule has 1 saturated heterocycles. The second kappa shape index (κ2) is 7.73. The van der Waals surface area contributed by atoms with E-state index in [-0.39, 0.29) is 5.41 Å². The number of nitrogens with zero attached hydrogens (tertiary/aromatic N) is 2. The van der Waals surface area contributed by atoms with Crippen LogP contribution in [-0.2, 0) is 18.0 Å². The molecule has 2 aromatic carbocycles. The van der Waals surface area contributed by atoms with Gasteiger partial charge in [0.05, 0.1) is 11.0 Å². The number of halogens is 3. The Morgan fingerprint density at radius 1 is 1.20 bits per heavy atom. The van der Waals surface area contributed by atoms with Crippen LogP contribution in [0.25, 0.3) is 11.0 Å². The molecule has 30 heavy (non-hydrogen) atoms. The number of piperidine rings is 1. The third kappa shape index (κ3) is 4.10. The largest absolute Gasteiger partial charge is 0.449 e. The number of nitrogens with one attached hydrogen (secondary N) is 1. The van der Waals surface area contributed by atoms with E-state index in [1.165, 1.54) is 11.1 Å². The zero-order chi connectivity index (χ0) is 21.5. The van der Waals surface area contributed by atoms with Crippen molar-refractivity contribution in [1.82, 2.24) is 14.9 Å². The molecule has 160 valence electrons. The van der Waals surface area contributed by atoms with Gasteiger partial charge in [0.25, 0.3) is 0 Å². The lowest BCUT2D eigenvalue weighted by molar-refractivity contribution is -0.144. The van der Waals surface area contributed by atoms with Gasteiger partial charge in [0, 0.05) is 13.1 Å². The molecule has 6 heteroatoms. The number of aryl methyl sites for hydroxylation is 1. The molecule has 2 atom stereocenters. The van der Waals surface area contributed by atoms with Crippen molar-refractivity contribution in [2.45, 2.75) is 45.2 Å². The standard InChI is InChI=1S/C24H28F3N3/c1-16-5-4-6-18(13-16)9-11-30-12-10-23(3,17(2)15-30)19-7-8-20-21(14-19)29-22(28-20)24(25,26)27/h4-8,13-14,17H,9-12,15H2,1-3H3,(H,28,29)/t17-,23-/m0/s1. The molecule has 3 aromatic rings. The van der Waals surface area contributed by atoms with Crippen molar-refractivity contribution in [2.75, 3.05) is 19.6 Å². The maximum atomic E-state index is 13.0. The van der Waals surface area contributed by atoms with E-state index < -0.39 is 12.0 Å². The van der Waals surface area contributed by atoms with Crippen molar-refractivity contribution in [3.63, 3.8) is 0 Å². The number of hydrogen-bond donors (Lipinski definition) is 1. The van der Waals surface area contributed by atoms with Gasteiger partial charge in [-0.2, -0.15) is 13.2 Å². The van der Waals surface area contributed by atoms with Crippen LogP contribution in [0, 0.1) is 12.8 Å². The molecule has 1 aliphatic rings. The number of alkyl halides is 3. The fraction of sp³-hybridized carbons (Fsp3) is 0.458. The Kier molecular flexibility index (Phi) is 5.39. The van der Waals surface area contributed by atoms with E-state index in [2.05, 4.69) is 59.9 Å². The second-order valence-electron chi connectivity index (χ2n) is 8.92. The summed E-state index contributed by atoms with van der Waals surface area (Å²) in [5.41, 5.74) is 4.47. The molecule has 3 nitrogen and oxygen atoms in total. The summed E-state index contributed by atoms with van der Waals surface area (Å²) in [6.45, 7) is 9.60. The van der Waals surface area contributed by atoms with Crippen LogP contribution in [0.2, 0.25) is 0 Å². The van der Waals surface area contributed by atoms with Crippen molar-refractivity contribution in [3.05, 3.63) is 65.0 Å². The number of aromatic amines is 1. The first-order valence-electron chi connectivity index (χ1n) is 10.5.